The number of hydrogen-bond acceptors (Lipinski definition) is 3. The van der Waals surface area contributed by atoms with Gasteiger partial charge in [-0.3, -0.25) is 0 Å². The predicted molar refractivity (Wildman–Crippen MR) is 77.0 cm³/mol. The van der Waals surface area contributed by atoms with Crippen molar-refractivity contribution in [1.29, 1.82) is 0 Å². The van der Waals surface area contributed by atoms with Gasteiger partial charge in [-0.15, -0.1) is 0 Å². The molecular weight excluding hydrogens is 262 g/mol. The van der Waals surface area contributed by atoms with E-state index in [1.165, 1.54) is 0 Å². The van der Waals surface area contributed by atoms with Crippen molar-refractivity contribution in [3.8, 4) is 5.95 Å². The van der Waals surface area contributed by atoms with Gasteiger partial charge in [0, 0.05) is 18.9 Å². The van der Waals surface area contributed by atoms with E-state index in [1.807, 2.05) is 24.4 Å². The number of halogens is 1. The molecule has 0 unspecified atom stereocenters. The highest BCUT2D eigenvalue weighted by Gasteiger charge is 2.08. The van der Waals surface area contributed by atoms with Gasteiger partial charge in [0.15, 0.2) is 0 Å². The maximum Gasteiger partial charge on any atom is 0.229 e. The molecule has 0 saturated carbocycles. The van der Waals surface area contributed by atoms with Crippen molar-refractivity contribution in [2.45, 2.75) is 13.3 Å². The molecule has 3 aromatic rings. The third kappa shape index (κ3) is 2.29. The number of hydrogen-bond donors (Lipinski definition) is 2. The highest BCUT2D eigenvalue weighted by atomic mass is 35.5. The first-order valence-electron chi connectivity index (χ1n) is 6.21. The lowest BCUT2D eigenvalue weighted by molar-refractivity contribution is 0.829. The second-order valence-electron chi connectivity index (χ2n) is 4.29. The molecule has 98 valence electrons. The molecule has 0 bridgehead atoms. The third-order valence-corrected chi connectivity index (χ3v) is 3.16. The molecule has 0 atom stereocenters. The average Bonchev–Trinajstić information content (AvgIpc) is 3.04. The Bertz CT molecular complexity index is 686. The summed E-state index contributed by atoms with van der Waals surface area (Å²) in [6, 6.07) is 5.69. The fourth-order valence-electron chi connectivity index (χ4n) is 1.91. The van der Waals surface area contributed by atoms with Crippen LogP contribution in [0.2, 0.25) is 5.02 Å². The fraction of sp³-hybridized carbons (Fsp3) is 0.231. The van der Waals surface area contributed by atoms with Crippen LogP contribution in [0.25, 0.3) is 17.0 Å². The third-order valence-electron chi connectivity index (χ3n) is 2.85. The quantitative estimate of drug-likeness (QED) is 0.769. The second kappa shape index (κ2) is 4.93. The van der Waals surface area contributed by atoms with E-state index in [4.69, 9.17) is 11.6 Å². The van der Waals surface area contributed by atoms with E-state index < -0.39 is 0 Å². The molecule has 3 rings (SSSR count). The highest BCUT2D eigenvalue weighted by Crippen LogP contribution is 2.27. The topological polar surface area (TPSA) is 58.5 Å². The van der Waals surface area contributed by atoms with Crippen LogP contribution >= 0.6 is 11.6 Å². The lowest BCUT2D eigenvalue weighted by atomic mass is 10.2. The van der Waals surface area contributed by atoms with E-state index >= 15 is 0 Å². The van der Waals surface area contributed by atoms with Gasteiger partial charge in [-0.05, 0) is 24.6 Å². The number of H-pyrrole nitrogens is 1. The number of nitrogens with one attached hydrogen (secondary N) is 2. The Morgan fingerprint density at radius 2 is 2.32 bits per heavy atom. The molecule has 0 aliphatic heterocycles. The van der Waals surface area contributed by atoms with Crippen molar-refractivity contribution in [2.24, 2.45) is 0 Å². The van der Waals surface area contributed by atoms with E-state index in [0.717, 1.165) is 29.7 Å². The minimum absolute atomic E-state index is 0.684. The molecule has 5 nitrogen and oxygen atoms in total. The maximum absolute atomic E-state index is 6.24. The van der Waals surface area contributed by atoms with Crippen molar-refractivity contribution in [3.05, 3.63) is 35.6 Å². The Kier molecular flexibility index (Phi) is 3.13. The van der Waals surface area contributed by atoms with Gasteiger partial charge in [-0.1, -0.05) is 18.5 Å². The molecule has 2 heterocycles. The first-order valence-corrected chi connectivity index (χ1v) is 6.59. The van der Waals surface area contributed by atoms with E-state index in [9.17, 15) is 0 Å². The van der Waals surface area contributed by atoms with Crippen LogP contribution in [0.15, 0.2) is 30.6 Å². The van der Waals surface area contributed by atoms with Gasteiger partial charge in [0.05, 0.1) is 21.7 Å². The van der Waals surface area contributed by atoms with E-state index in [-0.39, 0.29) is 0 Å². The van der Waals surface area contributed by atoms with E-state index in [0.29, 0.717) is 11.0 Å². The van der Waals surface area contributed by atoms with E-state index in [1.54, 1.807) is 10.9 Å². The minimum atomic E-state index is 0.684. The summed E-state index contributed by atoms with van der Waals surface area (Å²) in [5.74, 6) is 0.684. The van der Waals surface area contributed by atoms with Gasteiger partial charge in [-0.2, -0.15) is 5.10 Å². The summed E-state index contributed by atoms with van der Waals surface area (Å²) in [6.07, 6.45) is 4.61. The molecule has 19 heavy (non-hydrogen) atoms. The van der Waals surface area contributed by atoms with Gasteiger partial charge in [0.2, 0.25) is 5.95 Å². The summed E-state index contributed by atoms with van der Waals surface area (Å²) in [5, 5.41) is 8.13. The lowest BCUT2D eigenvalue weighted by Gasteiger charge is -2.06. The summed E-state index contributed by atoms with van der Waals surface area (Å²) < 4.78 is 1.69. The number of aromatic nitrogens is 4. The van der Waals surface area contributed by atoms with Crippen molar-refractivity contribution in [1.82, 2.24) is 19.7 Å². The Labute approximate surface area is 115 Å². The lowest BCUT2D eigenvalue weighted by Crippen LogP contribution is -1.99. The number of nitrogens with zero attached hydrogens (tertiary/aromatic N) is 3. The molecule has 6 heteroatoms. The number of benzene rings is 1. The Hall–Kier alpha value is -2.01. The average molecular weight is 276 g/mol. The first kappa shape index (κ1) is 12.0. The van der Waals surface area contributed by atoms with Crippen LogP contribution in [-0.4, -0.2) is 26.3 Å². The molecule has 1 aromatic carbocycles. The largest absolute Gasteiger partial charge is 0.384 e. The molecule has 0 radical (unpaired) electrons. The summed E-state index contributed by atoms with van der Waals surface area (Å²) in [7, 11) is 0. The van der Waals surface area contributed by atoms with Crippen LogP contribution in [0.4, 0.5) is 5.69 Å². The molecule has 0 aliphatic rings. The predicted octanol–water partition coefficient (Wildman–Crippen LogP) is 3.22. The number of anilines is 1. The second-order valence-corrected chi connectivity index (χ2v) is 4.69. The highest BCUT2D eigenvalue weighted by molar-refractivity contribution is 6.34. The standard InChI is InChI=1S/C13H14ClN5/c1-2-4-15-10-8-12-11(7-9(10)14)17-13(18-12)19-6-3-5-16-19/h3,5-8,15H,2,4H2,1H3,(H,17,18). The zero-order valence-corrected chi connectivity index (χ0v) is 11.3. The van der Waals surface area contributed by atoms with Gasteiger partial charge < -0.3 is 10.3 Å². The van der Waals surface area contributed by atoms with Crippen LogP contribution in [0.3, 0.4) is 0 Å². The molecule has 0 fully saturated rings. The number of fused-ring (bicyclic) bond motifs is 1. The number of aromatic amines is 1. The Balaban J connectivity index is 2.03. The monoisotopic (exact) mass is 275 g/mol. The molecule has 2 aromatic heterocycles. The van der Waals surface area contributed by atoms with Crippen molar-refractivity contribution < 1.29 is 0 Å². The molecular formula is C13H14ClN5. The summed E-state index contributed by atoms with van der Waals surface area (Å²) in [5.41, 5.74) is 2.68. The first-order chi connectivity index (χ1) is 9.28. The van der Waals surface area contributed by atoms with Crippen LogP contribution in [0, 0.1) is 0 Å². The fourth-order valence-corrected chi connectivity index (χ4v) is 2.15. The molecule has 2 N–H and O–H groups in total. The smallest absolute Gasteiger partial charge is 0.229 e. The summed E-state index contributed by atoms with van der Waals surface area (Å²) in [6.45, 7) is 3.01. The molecule has 0 spiro atoms. The number of rotatable bonds is 4. The van der Waals surface area contributed by atoms with Gasteiger partial charge in [0.25, 0.3) is 0 Å². The maximum atomic E-state index is 6.24. The Morgan fingerprint density at radius 3 is 3.05 bits per heavy atom. The summed E-state index contributed by atoms with van der Waals surface area (Å²) >= 11 is 6.24. The van der Waals surface area contributed by atoms with Crippen LogP contribution in [0.5, 0.6) is 0 Å². The molecule has 0 aliphatic carbocycles. The van der Waals surface area contributed by atoms with Gasteiger partial charge >= 0.3 is 0 Å². The molecule has 0 amide bonds. The van der Waals surface area contributed by atoms with Crippen LogP contribution < -0.4 is 5.32 Å². The SMILES string of the molecule is CCCNc1cc2nc(-n3cccn3)[nH]c2cc1Cl. The van der Waals surface area contributed by atoms with Gasteiger partial charge in [0.1, 0.15) is 0 Å². The Morgan fingerprint density at radius 1 is 1.42 bits per heavy atom. The summed E-state index contributed by atoms with van der Waals surface area (Å²) in [4.78, 5) is 7.71. The minimum Gasteiger partial charge on any atom is -0.384 e. The van der Waals surface area contributed by atoms with Crippen molar-refractivity contribution in [3.63, 3.8) is 0 Å². The number of imidazole rings is 1. The van der Waals surface area contributed by atoms with Crippen LogP contribution in [-0.2, 0) is 0 Å². The van der Waals surface area contributed by atoms with Crippen molar-refractivity contribution >= 4 is 28.3 Å². The normalized spacial score (nSPS) is 11.1. The van der Waals surface area contributed by atoms with Crippen molar-refractivity contribution in [2.75, 3.05) is 11.9 Å². The van der Waals surface area contributed by atoms with Crippen LogP contribution in [0.1, 0.15) is 13.3 Å². The molecule has 0 saturated heterocycles. The van der Waals surface area contributed by atoms with E-state index in [2.05, 4.69) is 27.3 Å². The zero-order valence-electron chi connectivity index (χ0n) is 10.5. The zero-order chi connectivity index (χ0) is 13.2. The van der Waals surface area contributed by atoms with Gasteiger partial charge in [-0.25, -0.2) is 9.67 Å².